The zero-order valence-electron chi connectivity index (χ0n) is 11.3. The van der Waals surface area contributed by atoms with Gasteiger partial charge in [-0.2, -0.15) is 0 Å². The SMILES string of the molecule is Cc1cc(C(C)NCCCCCCO)c(C)o1. The first-order chi connectivity index (χ1) is 8.15. The number of rotatable bonds is 8. The van der Waals surface area contributed by atoms with Gasteiger partial charge in [0.2, 0.25) is 0 Å². The van der Waals surface area contributed by atoms with Crippen molar-refractivity contribution in [3.8, 4) is 0 Å². The lowest BCUT2D eigenvalue weighted by Crippen LogP contribution is -2.20. The van der Waals surface area contributed by atoms with Crippen molar-refractivity contribution in [2.75, 3.05) is 13.2 Å². The fraction of sp³-hybridized carbons (Fsp3) is 0.714. The van der Waals surface area contributed by atoms with Crippen LogP contribution in [0.15, 0.2) is 10.5 Å². The van der Waals surface area contributed by atoms with Crippen molar-refractivity contribution in [1.29, 1.82) is 0 Å². The van der Waals surface area contributed by atoms with Gasteiger partial charge in [0, 0.05) is 18.2 Å². The minimum Gasteiger partial charge on any atom is -0.466 e. The van der Waals surface area contributed by atoms with Crippen molar-refractivity contribution in [3.05, 3.63) is 23.2 Å². The first-order valence-electron chi connectivity index (χ1n) is 6.56. The summed E-state index contributed by atoms with van der Waals surface area (Å²) in [6, 6.07) is 2.46. The van der Waals surface area contributed by atoms with Crippen LogP contribution in [0.4, 0.5) is 0 Å². The fourth-order valence-electron chi connectivity index (χ4n) is 2.10. The average Bonchev–Trinajstić information content (AvgIpc) is 2.62. The van der Waals surface area contributed by atoms with Gasteiger partial charge in [0.05, 0.1) is 0 Å². The normalized spacial score (nSPS) is 12.9. The molecule has 0 spiro atoms. The molecule has 1 atom stereocenters. The summed E-state index contributed by atoms with van der Waals surface area (Å²) in [5, 5.41) is 12.2. The van der Waals surface area contributed by atoms with E-state index in [0.717, 1.165) is 30.9 Å². The molecule has 98 valence electrons. The van der Waals surface area contributed by atoms with Crippen LogP contribution in [-0.4, -0.2) is 18.3 Å². The number of aliphatic hydroxyl groups excluding tert-OH is 1. The highest BCUT2D eigenvalue weighted by Gasteiger charge is 2.11. The highest BCUT2D eigenvalue weighted by atomic mass is 16.3. The average molecular weight is 239 g/mol. The zero-order valence-corrected chi connectivity index (χ0v) is 11.3. The summed E-state index contributed by atoms with van der Waals surface area (Å²) in [6.45, 7) is 7.51. The van der Waals surface area contributed by atoms with Crippen LogP contribution in [0.1, 0.15) is 55.7 Å². The van der Waals surface area contributed by atoms with E-state index in [-0.39, 0.29) is 0 Å². The van der Waals surface area contributed by atoms with Gasteiger partial charge in [-0.05, 0) is 46.2 Å². The summed E-state index contributed by atoms with van der Waals surface area (Å²) in [7, 11) is 0. The molecule has 2 N–H and O–H groups in total. The molecule has 3 nitrogen and oxygen atoms in total. The second-order valence-electron chi connectivity index (χ2n) is 4.68. The Bertz CT molecular complexity index is 320. The maximum absolute atomic E-state index is 8.67. The van der Waals surface area contributed by atoms with E-state index in [2.05, 4.69) is 18.3 Å². The largest absolute Gasteiger partial charge is 0.466 e. The van der Waals surface area contributed by atoms with Crippen LogP contribution in [-0.2, 0) is 0 Å². The van der Waals surface area contributed by atoms with Gasteiger partial charge in [0.25, 0.3) is 0 Å². The number of aryl methyl sites for hydroxylation is 2. The van der Waals surface area contributed by atoms with Gasteiger partial charge in [-0.15, -0.1) is 0 Å². The highest BCUT2D eigenvalue weighted by molar-refractivity contribution is 5.23. The molecule has 1 aromatic rings. The van der Waals surface area contributed by atoms with E-state index in [0.29, 0.717) is 12.6 Å². The Morgan fingerprint density at radius 1 is 1.24 bits per heavy atom. The minimum absolute atomic E-state index is 0.317. The number of aliphatic hydroxyl groups is 1. The Hall–Kier alpha value is -0.800. The maximum Gasteiger partial charge on any atom is 0.105 e. The van der Waals surface area contributed by atoms with Gasteiger partial charge in [0.1, 0.15) is 11.5 Å². The Morgan fingerprint density at radius 3 is 2.53 bits per heavy atom. The molecule has 0 amide bonds. The summed E-state index contributed by atoms with van der Waals surface area (Å²) in [6.07, 6.45) is 4.40. The van der Waals surface area contributed by atoms with Crippen LogP contribution in [0.3, 0.4) is 0 Å². The molecule has 1 unspecified atom stereocenters. The molecule has 3 heteroatoms. The van der Waals surface area contributed by atoms with Crippen LogP contribution in [0.5, 0.6) is 0 Å². The molecule has 0 saturated heterocycles. The molecule has 0 aliphatic carbocycles. The predicted molar refractivity (Wildman–Crippen MR) is 70.2 cm³/mol. The lowest BCUT2D eigenvalue weighted by Gasteiger charge is -2.12. The van der Waals surface area contributed by atoms with E-state index >= 15 is 0 Å². The molecule has 17 heavy (non-hydrogen) atoms. The van der Waals surface area contributed by atoms with Gasteiger partial charge < -0.3 is 14.8 Å². The Balaban J connectivity index is 2.21. The fourth-order valence-corrected chi connectivity index (χ4v) is 2.10. The van der Waals surface area contributed by atoms with Gasteiger partial charge in [0.15, 0.2) is 0 Å². The molecule has 0 radical (unpaired) electrons. The van der Waals surface area contributed by atoms with Crippen LogP contribution in [0.25, 0.3) is 0 Å². The summed E-state index contributed by atoms with van der Waals surface area (Å²) < 4.78 is 5.53. The van der Waals surface area contributed by atoms with Crippen LogP contribution >= 0.6 is 0 Å². The second kappa shape index (κ2) is 7.51. The zero-order chi connectivity index (χ0) is 12.7. The molecular formula is C14H25NO2. The first kappa shape index (κ1) is 14.3. The topological polar surface area (TPSA) is 45.4 Å². The summed E-state index contributed by atoms with van der Waals surface area (Å²) in [4.78, 5) is 0. The van der Waals surface area contributed by atoms with Crippen LogP contribution < -0.4 is 5.32 Å². The Morgan fingerprint density at radius 2 is 1.94 bits per heavy atom. The lowest BCUT2D eigenvalue weighted by atomic mass is 10.1. The van der Waals surface area contributed by atoms with Crippen molar-refractivity contribution in [1.82, 2.24) is 5.32 Å². The van der Waals surface area contributed by atoms with Gasteiger partial charge in [-0.1, -0.05) is 12.8 Å². The van der Waals surface area contributed by atoms with Crippen molar-refractivity contribution in [2.24, 2.45) is 0 Å². The number of furan rings is 1. The van der Waals surface area contributed by atoms with Gasteiger partial charge in [-0.25, -0.2) is 0 Å². The summed E-state index contributed by atoms with van der Waals surface area (Å²) in [5.74, 6) is 2.00. The maximum atomic E-state index is 8.67. The minimum atomic E-state index is 0.317. The smallest absolute Gasteiger partial charge is 0.105 e. The molecule has 0 saturated carbocycles. The number of nitrogens with one attached hydrogen (secondary N) is 1. The molecular weight excluding hydrogens is 214 g/mol. The first-order valence-corrected chi connectivity index (χ1v) is 6.56. The Kier molecular flexibility index (Phi) is 6.30. The second-order valence-corrected chi connectivity index (χ2v) is 4.68. The molecule has 1 aromatic heterocycles. The van der Waals surface area contributed by atoms with Crippen molar-refractivity contribution in [3.63, 3.8) is 0 Å². The van der Waals surface area contributed by atoms with Crippen molar-refractivity contribution < 1.29 is 9.52 Å². The number of hydrogen-bond acceptors (Lipinski definition) is 3. The molecule has 0 aromatic carbocycles. The van der Waals surface area contributed by atoms with Crippen LogP contribution in [0, 0.1) is 13.8 Å². The van der Waals surface area contributed by atoms with Crippen molar-refractivity contribution >= 4 is 0 Å². The third-order valence-electron chi connectivity index (χ3n) is 3.08. The monoisotopic (exact) mass is 239 g/mol. The molecule has 0 aliphatic heterocycles. The molecule has 0 fully saturated rings. The van der Waals surface area contributed by atoms with E-state index in [9.17, 15) is 0 Å². The summed E-state index contributed by atoms with van der Waals surface area (Å²) in [5.41, 5.74) is 1.26. The van der Waals surface area contributed by atoms with E-state index in [1.165, 1.54) is 18.4 Å². The molecule has 1 rings (SSSR count). The third-order valence-corrected chi connectivity index (χ3v) is 3.08. The highest BCUT2D eigenvalue weighted by Crippen LogP contribution is 2.21. The predicted octanol–water partition coefficient (Wildman–Crippen LogP) is 3.10. The molecule has 0 bridgehead atoms. The quantitative estimate of drug-likeness (QED) is 0.685. The van der Waals surface area contributed by atoms with E-state index in [1.54, 1.807) is 0 Å². The standard InChI is InChI=1S/C14H25NO2/c1-11-10-14(13(3)17-11)12(2)15-8-6-4-5-7-9-16/h10,12,15-16H,4-9H2,1-3H3. The lowest BCUT2D eigenvalue weighted by molar-refractivity contribution is 0.282. The van der Waals surface area contributed by atoms with Gasteiger partial charge >= 0.3 is 0 Å². The van der Waals surface area contributed by atoms with E-state index < -0.39 is 0 Å². The van der Waals surface area contributed by atoms with Crippen LogP contribution in [0.2, 0.25) is 0 Å². The van der Waals surface area contributed by atoms with Crippen molar-refractivity contribution in [2.45, 2.75) is 52.5 Å². The number of unbranched alkanes of at least 4 members (excludes halogenated alkanes) is 3. The number of hydrogen-bond donors (Lipinski definition) is 2. The van der Waals surface area contributed by atoms with Gasteiger partial charge in [-0.3, -0.25) is 0 Å². The molecule has 1 heterocycles. The third kappa shape index (κ3) is 4.92. The van der Waals surface area contributed by atoms with E-state index in [4.69, 9.17) is 9.52 Å². The molecule has 0 aliphatic rings. The van der Waals surface area contributed by atoms with E-state index in [1.807, 2.05) is 13.8 Å². The summed E-state index contributed by atoms with van der Waals surface area (Å²) >= 11 is 0. The Labute approximate surface area is 104 Å².